The van der Waals surface area contributed by atoms with Crippen molar-refractivity contribution in [1.82, 2.24) is 9.88 Å². The Balaban J connectivity index is 1.12. The van der Waals surface area contributed by atoms with E-state index in [0.717, 1.165) is 43.2 Å². The Hall–Kier alpha value is -1.65. The molecule has 0 spiro atoms. The van der Waals surface area contributed by atoms with Crippen LogP contribution in [-0.4, -0.2) is 54.3 Å². The SMILES string of the molecule is Cc1ccc2cc(N3CCC(OC4CCN(C5CCC5)CC4)CC3)ccc2n1. The third-order valence-corrected chi connectivity index (χ3v) is 7.07. The maximum absolute atomic E-state index is 6.52. The van der Waals surface area contributed by atoms with Crippen molar-refractivity contribution in [3.63, 3.8) is 0 Å². The van der Waals surface area contributed by atoms with E-state index in [0.29, 0.717) is 12.2 Å². The van der Waals surface area contributed by atoms with Crippen LogP contribution in [0.4, 0.5) is 5.69 Å². The second-order valence-electron chi connectivity index (χ2n) is 8.97. The molecule has 1 saturated carbocycles. The Bertz CT molecular complexity index is 803. The monoisotopic (exact) mass is 379 g/mol. The Morgan fingerprint density at radius 1 is 0.857 bits per heavy atom. The van der Waals surface area contributed by atoms with Crippen LogP contribution < -0.4 is 4.90 Å². The summed E-state index contributed by atoms with van der Waals surface area (Å²) in [5.41, 5.74) is 3.50. The second-order valence-corrected chi connectivity index (χ2v) is 8.97. The van der Waals surface area contributed by atoms with Crippen LogP contribution in [0.15, 0.2) is 30.3 Å². The molecule has 1 aromatic heterocycles. The van der Waals surface area contributed by atoms with Crippen LogP contribution in [0, 0.1) is 6.92 Å². The number of anilines is 1. The van der Waals surface area contributed by atoms with Crippen molar-refractivity contribution in [1.29, 1.82) is 0 Å². The van der Waals surface area contributed by atoms with Gasteiger partial charge in [-0.1, -0.05) is 12.5 Å². The van der Waals surface area contributed by atoms with Gasteiger partial charge in [0.05, 0.1) is 17.7 Å². The summed E-state index contributed by atoms with van der Waals surface area (Å²) in [6.45, 7) is 6.74. The second kappa shape index (κ2) is 8.00. The molecule has 5 rings (SSSR count). The molecular formula is C24H33N3O. The predicted octanol–water partition coefficient (Wildman–Crippen LogP) is 4.55. The van der Waals surface area contributed by atoms with Gasteiger partial charge in [0, 0.05) is 49.0 Å². The molecule has 0 radical (unpaired) electrons. The van der Waals surface area contributed by atoms with Gasteiger partial charge in [-0.15, -0.1) is 0 Å². The van der Waals surface area contributed by atoms with Crippen LogP contribution in [0.1, 0.15) is 50.6 Å². The average Bonchev–Trinajstić information content (AvgIpc) is 2.68. The van der Waals surface area contributed by atoms with E-state index in [1.807, 2.05) is 0 Å². The Morgan fingerprint density at radius 2 is 1.57 bits per heavy atom. The molecule has 0 amide bonds. The van der Waals surface area contributed by atoms with E-state index in [9.17, 15) is 0 Å². The lowest BCUT2D eigenvalue weighted by molar-refractivity contribution is -0.0598. The molecule has 4 nitrogen and oxygen atoms in total. The fourth-order valence-electron chi connectivity index (χ4n) is 5.06. The van der Waals surface area contributed by atoms with Crippen molar-refractivity contribution >= 4 is 16.6 Å². The minimum atomic E-state index is 0.446. The lowest BCUT2D eigenvalue weighted by atomic mass is 9.89. The highest BCUT2D eigenvalue weighted by molar-refractivity contribution is 5.82. The number of hydrogen-bond acceptors (Lipinski definition) is 4. The largest absolute Gasteiger partial charge is 0.375 e. The Morgan fingerprint density at radius 3 is 2.25 bits per heavy atom. The first kappa shape index (κ1) is 18.4. The molecule has 2 saturated heterocycles. The lowest BCUT2D eigenvalue weighted by Crippen LogP contribution is -2.47. The summed E-state index contributed by atoms with van der Waals surface area (Å²) in [6, 6.07) is 11.9. The van der Waals surface area contributed by atoms with E-state index in [-0.39, 0.29) is 0 Å². The van der Waals surface area contributed by atoms with Gasteiger partial charge in [-0.05, 0) is 69.7 Å². The number of aromatic nitrogens is 1. The van der Waals surface area contributed by atoms with Crippen molar-refractivity contribution in [2.75, 3.05) is 31.1 Å². The zero-order valence-corrected chi connectivity index (χ0v) is 17.1. The van der Waals surface area contributed by atoms with Crippen LogP contribution in [-0.2, 0) is 4.74 Å². The molecule has 3 aliphatic rings. The molecule has 3 fully saturated rings. The smallest absolute Gasteiger partial charge is 0.0706 e. The highest BCUT2D eigenvalue weighted by Crippen LogP contribution is 2.30. The standard InChI is InChI=1S/C24H33N3O/c1-18-5-6-19-17-21(7-8-24(19)25-18)27-15-11-23(12-16-27)28-22-9-13-26(14-10-22)20-3-2-4-20/h5-8,17,20,22-23H,2-4,9-16H2,1H3. The molecule has 0 N–H and O–H groups in total. The van der Waals surface area contributed by atoms with Gasteiger partial charge >= 0.3 is 0 Å². The van der Waals surface area contributed by atoms with Crippen molar-refractivity contribution in [3.05, 3.63) is 36.0 Å². The summed E-state index contributed by atoms with van der Waals surface area (Å²) in [5.74, 6) is 0. The summed E-state index contributed by atoms with van der Waals surface area (Å²) in [4.78, 5) is 9.84. The molecule has 28 heavy (non-hydrogen) atoms. The molecule has 2 aromatic rings. The molecular weight excluding hydrogens is 346 g/mol. The van der Waals surface area contributed by atoms with E-state index >= 15 is 0 Å². The van der Waals surface area contributed by atoms with Crippen LogP contribution in [0.2, 0.25) is 0 Å². The van der Waals surface area contributed by atoms with Gasteiger partial charge < -0.3 is 14.5 Å². The number of hydrogen-bond donors (Lipinski definition) is 0. The first-order valence-corrected chi connectivity index (χ1v) is 11.3. The highest BCUT2D eigenvalue weighted by Gasteiger charge is 2.30. The normalized spacial score (nSPS) is 23.2. The van der Waals surface area contributed by atoms with Crippen molar-refractivity contribution in [2.24, 2.45) is 0 Å². The van der Waals surface area contributed by atoms with Crippen LogP contribution in [0.3, 0.4) is 0 Å². The molecule has 0 unspecified atom stereocenters. The fourth-order valence-corrected chi connectivity index (χ4v) is 5.06. The third-order valence-electron chi connectivity index (χ3n) is 7.07. The van der Waals surface area contributed by atoms with E-state index < -0.39 is 0 Å². The minimum Gasteiger partial charge on any atom is -0.375 e. The van der Waals surface area contributed by atoms with Crippen molar-refractivity contribution < 1.29 is 4.74 Å². The highest BCUT2D eigenvalue weighted by atomic mass is 16.5. The fraction of sp³-hybridized carbons (Fsp3) is 0.625. The maximum atomic E-state index is 6.52. The summed E-state index contributed by atoms with van der Waals surface area (Å²) < 4.78 is 6.52. The van der Waals surface area contributed by atoms with Crippen molar-refractivity contribution in [3.8, 4) is 0 Å². The van der Waals surface area contributed by atoms with E-state index in [1.54, 1.807) is 0 Å². The quantitative estimate of drug-likeness (QED) is 0.779. The van der Waals surface area contributed by atoms with Gasteiger partial charge in [0.25, 0.3) is 0 Å². The molecule has 4 heteroatoms. The van der Waals surface area contributed by atoms with Crippen LogP contribution in [0.25, 0.3) is 10.9 Å². The van der Waals surface area contributed by atoms with E-state index in [1.165, 1.54) is 56.3 Å². The minimum absolute atomic E-state index is 0.446. The van der Waals surface area contributed by atoms with Gasteiger partial charge in [0.15, 0.2) is 0 Å². The molecule has 0 bridgehead atoms. The number of aryl methyl sites for hydroxylation is 1. The van der Waals surface area contributed by atoms with Crippen LogP contribution in [0.5, 0.6) is 0 Å². The van der Waals surface area contributed by atoms with E-state index in [2.05, 4.69) is 52.0 Å². The van der Waals surface area contributed by atoms with Gasteiger partial charge in [0.1, 0.15) is 0 Å². The first-order chi connectivity index (χ1) is 13.7. The maximum Gasteiger partial charge on any atom is 0.0706 e. The third kappa shape index (κ3) is 3.90. The Kier molecular flexibility index (Phi) is 5.25. The summed E-state index contributed by atoms with van der Waals surface area (Å²) in [7, 11) is 0. The number of ether oxygens (including phenoxy) is 1. The summed E-state index contributed by atoms with van der Waals surface area (Å²) >= 11 is 0. The zero-order valence-electron chi connectivity index (χ0n) is 17.1. The van der Waals surface area contributed by atoms with Gasteiger partial charge in [-0.3, -0.25) is 4.98 Å². The molecule has 150 valence electrons. The Labute approximate surface area is 168 Å². The van der Waals surface area contributed by atoms with Gasteiger partial charge in [-0.2, -0.15) is 0 Å². The summed E-state index contributed by atoms with van der Waals surface area (Å²) in [5, 5.41) is 1.24. The number of nitrogens with zero attached hydrogens (tertiary/aromatic N) is 3. The topological polar surface area (TPSA) is 28.6 Å². The number of pyridine rings is 1. The van der Waals surface area contributed by atoms with Gasteiger partial charge in [-0.25, -0.2) is 0 Å². The molecule has 2 aliphatic heterocycles. The number of piperidine rings is 2. The number of rotatable bonds is 4. The average molecular weight is 380 g/mol. The number of fused-ring (bicyclic) bond motifs is 1. The first-order valence-electron chi connectivity index (χ1n) is 11.3. The lowest BCUT2D eigenvalue weighted by Gasteiger charge is -2.43. The number of likely N-dealkylation sites (tertiary alicyclic amines) is 1. The van der Waals surface area contributed by atoms with Gasteiger partial charge in [0.2, 0.25) is 0 Å². The number of benzene rings is 1. The summed E-state index contributed by atoms with van der Waals surface area (Å²) in [6.07, 6.45) is 9.97. The van der Waals surface area contributed by atoms with Crippen molar-refractivity contribution in [2.45, 2.75) is 70.1 Å². The van der Waals surface area contributed by atoms with E-state index in [4.69, 9.17) is 4.74 Å². The predicted molar refractivity (Wildman–Crippen MR) is 115 cm³/mol. The molecule has 1 aliphatic carbocycles. The zero-order chi connectivity index (χ0) is 18.9. The molecule has 1 aromatic carbocycles. The molecule has 3 heterocycles. The van der Waals surface area contributed by atoms with Crippen LogP contribution >= 0.6 is 0 Å². The molecule has 0 atom stereocenters.